The van der Waals surface area contributed by atoms with Gasteiger partial charge in [-0.3, -0.25) is 0 Å². The van der Waals surface area contributed by atoms with Crippen LogP contribution in [0.15, 0.2) is 34.6 Å². The highest BCUT2D eigenvalue weighted by molar-refractivity contribution is 7.13. The first kappa shape index (κ1) is 13.6. The molecule has 0 aliphatic rings. The molecule has 0 saturated heterocycles. The van der Waals surface area contributed by atoms with Crippen LogP contribution in [-0.2, 0) is 7.05 Å². The molecule has 0 spiro atoms. The average Bonchev–Trinajstić information content (AvgIpc) is 2.86. The van der Waals surface area contributed by atoms with Gasteiger partial charge in [0, 0.05) is 13.2 Å². The average molecular weight is 296 g/mol. The van der Waals surface area contributed by atoms with Gasteiger partial charge >= 0.3 is 0 Å². The number of nitrogens with zero attached hydrogens (tertiary/aromatic N) is 3. The summed E-state index contributed by atoms with van der Waals surface area (Å²) < 4.78 is 1.81. The van der Waals surface area contributed by atoms with Crippen LogP contribution in [0.2, 0.25) is 0 Å². The number of imidazole rings is 1. The van der Waals surface area contributed by atoms with E-state index in [0.29, 0.717) is 16.8 Å². The fourth-order valence-corrected chi connectivity index (χ4v) is 2.56. The Kier molecular flexibility index (Phi) is 3.92. The van der Waals surface area contributed by atoms with Gasteiger partial charge in [0.25, 0.3) is 0 Å². The predicted molar refractivity (Wildman–Crippen MR) is 81.3 cm³/mol. The molecule has 0 amide bonds. The van der Waals surface area contributed by atoms with Crippen molar-refractivity contribution in [2.45, 2.75) is 6.92 Å². The number of thiophene rings is 1. The zero-order valence-corrected chi connectivity index (χ0v) is 12.2. The minimum Gasteiger partial charge on any atom is -0.382 e. The maximum absolute atomic E-state index is 6.02. The van der Waals surface area contributed by atoms with Gasteiger partial charge in [-0.05, 0) is 17.9 Å². The van der Waals surface area contributed by atoms with Gasteiger partial charge in [0.1, 0.15) is 5.84 Å². The number of aromatic nitrogens is 2. The maximum Gasteiger partial charge on any atom is 0.172 e. The van der Waals surface area contributed by atoms with E-state index in [1.807, 2.05) is 23.9 Å². The summed E-state index contributed by atoms with van der Waals surface area (Å²) in [6.07, 6.45) is 3.46. The van der Waals surface area contributed by atoms with Gasteiger partial charge < -0.3 is 15.6 Å². The molecule has 0 aliphatic carbocycles. The number of nitrogens with two attached hydrogens (primary N) is 1. The Hall–Kier alpha value is -1.79. The Morgan fingerprint density at radius 1 is 1.63 bits per heavy atom. The second kappa shape index (κ2) is 5.46. The minimum atomic E-state index is 0.341. The molecule has 5 nitrogen and oxygen atoms in total. The maximum atomic E-state index is 6.02. The van der Waals surface area contributed by atoms with E-state index in [4.69, 9.17) is 17.3 Å². The normalized spacial score (nSPS) is 11.6. The van der Waals surface area contributed by atoms with Gasteiger partial charge in [0.15, 0.2) is 5.82 Å². The molecule has 0 aromatic carbocycles. The summed E-state index contributed by atoms with van der Waals surface area (Å²) in [6.45, 7) is 5.59. The van der Waals surface area contributed by atoms with Crippen molar-refractivity contribution in [2.24, 2.45) is 17.8 Å². The summed E-state index contributed by atoms with van der Waals surface area (Å²) in [7, 11) is 1.88. The topological polar surface area (TPSA) is 68.2 Å². The number of aryl methyl sites for hydroxylation is 2. The van der Waals surface area contributed by atoms with Crippen LogP contribution < -0.4 is 11.1 Å². The SMILES string of the molecule is C=C(Cl)Nc1c(C)csc1C(N)=Nc1cn(C)cn1. The Bertz CT molecular complexity index is 640. The third-order valence-corrected chi connectivity index (χ3v) is 3.61. The van der Waals surface area contributed by atoms with Crippen molar-refractivity contribution in [3.8, 4) is 0 Å². The zero-order valence-electron chi connectivity index (χ0n) is 10.6. The molecule has 2 rings (SSSR count). The van der Waals surface area contributed by atoms with Crippen LogP contribution in [0.4, 0.5) is 11.5 Å². The number of halogens is 1. The van der Waals surface area contributed by atoms with Gasteiger partial charge in [-0.25, -0.2) is 9.98 Å². The highest BCUT2D eigenvalue weighted by Crippen LogP contribution is 2.29. The van der Waals surface area contributed by atoms with Crippen LogP contribution in [0.1, 0.15) is 10.4 Å². The van der Waals surface area contributed by atoms with Crippen molar-refractivity contribution in [3.63, 3.8) is 0 Å². The number of anilines is 1. The predicted octanol–water partition coefficient (Wildman–Crippen LogP) is 2.95. The second-order valence-corrected chi connectivity index (χ2v) is 5.38. The van der Waals surface area contributed by atoms with Gasteiger partial charge in [0.05, 0.1) is 22.0 Å². The molecule has 0 radical (unpaired) electrons. The summed E-state index contributed by atoms with van der Waals surface area (Å²) in [6, 6.07) is 0. The summed E-state index contributed by atoms with van der Waals surface area (Å²) in [5, 5.41) is 5.31. The largest absolute Gasteiger partial charge is 0.382 e. The van der Waals surface area contributed by atoms with E-state index < -0.39 is 0 Å². The van der Waals surface area contributed by atoms with Crippen molar-refractivity contribution in [2.75, 3.05) is 5.32 Å². The van der Waals surface area contributed by atoms with Crippen LogP contribution in [-0.4, -0.2) is 15.4 Å². The summed E-state index contributed by atoms with van der Waals surface area (Å²) in [4.78, 5) is 9.23. The molecule has 0 aliphatic heterocycles. The number of rotatable bonds is 4. The summed E-state index contributed by atoms with van der Waals surface area (Å²) in [5.74, 6) is 0.971. The molecule has 2 aromatic rings. The molecule has 0 fully saturated rings. The Morgan fingerprint density at radius 3 is 2.95 bits per heavy atom. The van der Waals surface area contributed by atoms with Gasteiger partial charge in [0.2, 0.25) is 0 Å². The third kappa shape index (κ3) is 3.15. The lowest BCUT2D eigenvalue weighted by molar-refractivity contribution is 0.913. The molecule has 0 saturated carbocycles. The number of hydrogen-bond donors (Lipinski definition) is 2. The lowest BCUT2D eigenvalue weighted by atomic mass is 10.2. The fourth-order valence-electron chi connectivity index (χ4n) is 1.55. The van der Waals surface area contributed by atoms with E-state index in [1.54, 1.807) is 12.5 Å². The van der Waals surface area contributed by atoms with Gasteiger partial charge in [-0.2, -0.15) is 0 Å². The van der Waals surface area contributed by atoms with Crippen molar-refractivity contribution < 1.29 is 0 Å². The van der Waals surface area contributed by atoms with Crippen LogP contribution >= 0.6 is 22.9 Å². The minimum absolute atomic E-state index is 0.341. The fraction of sp³-hybridized carbons (Fsp3) is 0.167. The smallest absolute Gasteiger partial charge is 0.172 e. The second-order valence-electron chi connectivity index (χ2n) is 4.05. The molecule has 100 valence electrons. The Morgan fingerprint density at radius 2 is 2.37 bits per heavy atom. The van der Waals surface area contributed by atoms with E-state index in [-0.39, 0.29) is 0 Å². The van der Waals surface area contributed by atoms with Crippen molar-refractivity contribution in [1.29, 1.82) is 0 Å². The van der Waals surface area contributed by atoms with Gasteiger partial charge in [-0.1, -0.05) is 18.2 Å². The number of hydrogen-bond acceptors (Lipinski definition) is 4. The van der Waals surface area contributed by atoms with E-state index in [2.05, 4.69) is 21.9 Å². The lowest BCUT2D eigenvalue weighted by Gasteiger charge is -2.06. The van der Waals surface area contributed by atoms with E-state index in [9.17, 15) is 0 Å². The van der Waals surface area contributed by atoms with Gasteiger partial charge in [-0.15, -0.1) is 11.3 Å². The lowest BCUT2D eigenvalue weighted by Crippen LogP contribution is -2.13. The molecule has 2 heterocycles. The summed E-state index contributed by atoms with van der Waals surface area (Å²) in [5.41, 5.74) is 7.90. The number of amidine groups is 1. The van der Waals surface area contributed by atoms with E-state index in [0.717, 1.165) is 16.1 Å². The molecule has 2 aromatic heterocycles. The molecule has 19 heavy (non-hydrogen) atoms. The molecular weight excluding hydrogens is 282 g/mol. The highest BCUT2D eigenvalue weighted by Gasteiger charge is 2.13. The first-order chi connectivity index (χ1) is 8.97. The van der Waals surface area contributed by atoms with Crippen LogP contribution in [0.25, 0.3) is 0 Å². The molecule has 0 unspecified atom stereocenters. The van der Waals surface area contributed by atoms with Crippen molar-refractivity contribution in [3.05, 3.63) is 40.1 Å². The van der Waals surface area contributed by atoms with Crippen LogP contribution in [0.3, 0.4) is 0 Å². The molecule has 0 bridgehead atoms. The molecule has 0 atom stereocenters. The first-order valence-electron chi connectivity index (χ1n) is 5.49. The van der Waals surface area contributed by atoms with Crippen LogP contribution in [0, 0.1) is 6.92 Å². The monoisotopic (exact) mass is 295 g/mol. The first-order valence-corrected chi connectivity index (χ1v) is 6.75. The number of aliphatic imine (C=N–C) groups is 1. The summed E-state index contributed by atoms with van der Waals surface area (Å²) >= 11 is 7.28. The van der Waals surface area contributed by atoms with E-state index >= 15 is 0 Å². The third-order valence-electron chi connectivity index (χ3n) is 2.39. The van der Waals surface area contributed by atoms with Crippen LogP contribution in [0.5, 0.6) is 0 Å². The number of nitrogens with one attached hydrogen (secondary N) is 1. The van der Waals surface area contributed by atoms with E-state index in [1.165, 1.54) is 11.3 Å². The quantitative estimate of drug-likeness (QED) is 0.518. The standard InChI is InChI=1S/C12H14ClN5S/c1-7-5-19-11(10(7)16-8(2)13)12(14)17-9-4-18(3)6-15-9/h4-6,16H,2H2,1,3H3,(H2,14,17). The molecule has 7 heteroatoms. The van der Waals surface area contributed by atoms with Crippen molar-refractivity contribution in [1.82, 2.24) is 9.55 Å². The Balaban J connectivity index is 2.36. The Labute approximate surface area is 120 Å². The highest BCUT2D eigenvalue weighted by atomic mass is 35.5. The molecular formula is C12H14ClN5S. The van der Waals surface area contributed by atoms with Crippen molar-refractivity contribution >= 4 is 40.3 Å². The molecule has 3 N–H and O–H groups in total. The zero-order chi connectivity index (χ0) is 14.0.